The monoisotopic (exact) mass is 234 g/mol. The minimum absolute atomic E-state index is 0.139. The normalized spacial score (nSPS) is 19.1. The maximum Gasteiger partial charge on any atom is 0.125 e. The fraction of sp³-hybridized carbons (Fsp3) is 0.600. The summed E-state index contributed by atoms with van der Waals surface area (Å²) >= 11 is 0. The maximum absolute atomic E-state index is 10.4. The van der Waals surface area contributed by atoms with E-state index in [1.54, 1.807) is 0 Å². The summed E-state index contributed by atoms with van der Waals surface area (Å²) in [5.74, 6) is 1.84. The smallest absolute Gasteiger partial charge is 0.125 e. The molecule has 0 bridgehead atoms. The Kier molecular flexibility index (Phi) is 3.72. The van der Waals surface area contributed by atoms with Crippen molar-refractivity contribution in [3.8, 4) is 5.75 Å². The van der Waals surface area contributed by atoms with Crippen LogP contribution in [-0.4, -0.2) is 11.2 Å². The van der Waals surface area contributed by atoms with Crippen LogP contribution < -0.4 is 4.74 Å². The lowest BCUT2D eigenvalue weighted by atomic mass is 9.93. The summed E-state index contributed by atoms with van der Waals surface area (Å²) in [5, 5.41) is 10.4. The third-order valence-electron chi connectivity index (χ3n) is 3.46. The van der Waals surface area contributed by atoms with E-state index in [1.165, 1.54) is 12.8 Å². The maximum atomic E-state index is 10.4. The van der Waals surface area contributed by atoms with E-state index in [4.69, 9.17) is 4.74 Å². The van der Waals surface area contributed by atoms with Gasteiger partial charge in [-0.3, -0.25) is 0 Å². The summed E-state index contributed by atoms with van der Waals surface area (Å²) in [5.41, 5.74) is 0.931. The van der Waals surface area contributed by atoms with Gasteiger partial charge in [0.2, 0.25) is 0 Å². The number of ether oxygens (including phenoxy) is 1. The zero-order valence-electron chi connectivity index (χ0n) is 10.9. The van der Waals surface area contributed by atoms with E-state index < -0.39 is 6.10 Å². The number of hydrogen-bond acceptors (Lipinski definition) is 2. The van der Waals surface area contributed by atoms with Crippen LogP contribution >= 0.6 is 0 Å². The fourth-order valence-electron chi connectivity index (χ4n) is 2.25. The Morgan fingerprint density at radius 3 is 2.41 bits per heavy atom. The molecule has 1 aromatic carbocycles. The Morgan fingerprint density at radius 2 is 1.82 bits per heavy atom. The van der Waals surface area contributed by atoms with Gasteiger partial charge in [0, 0.05) is 5.56 Å². The van der Waals surface area contributed by atoms with Crippen LogP contribution in [0.2, 0.25) is 0 Å². The van der Waals surface area contributed by atoms with E-state index in [2.05, 4.69) is 6.92 Å². The number of rotatable bonds is 5. The number of hydrogen-bond donors (Lipinski definition) is 1. The molecule has 2 nitrogen and oxygen atoms in total. The molecule has 0 amide bonds. The fourth-order valence-corrected chi connectivity index (χ4v) is 2.25. The van der Waals surface area contributed by atoms with Gasteiger partial charge in [0.25, 0.3) is 0 Å². The van der Waals surface area contributed by atoms with Crippen molar-refractivity contribution >= 4 is 0 Å². The highest BCUT2D eigenvalue weighted by Crippen LogP contribution is 2.44. The van der Waals surface area contributed by atoms with Crippen LogP contribution in [0.4, 0.5) is 0 Å². The van der Waals surface area contributed by atoms with E-state index >= 15 is 0 Å². The summed E-state index contributed by atoms with van der Waals surface area (Å²) in [4.78, 5) is 0. The number of para-hydroxylation sites is 1. The summed E-state index contributed by atoms with van der Waals surface area (Å²) in [6.45, 7) is 6.15. The van der Waals surface area contributed by atoms with E-state index in [9.17, 15) is 5.11 Å². The Morgan fingerprint density at radius 1 is 1.18 bits per heavy atom. The average Bonchev–Trinajstić information content (AvgIpc) is 3.11. The molecule has 1 saturated carbocycles. The van der Waals surface area contributed by atoms with Gasteiger partial charge in [0.05, 0.1) is 12.2 Å². The molecular formula is C15H22O2. The Bertz CT molecular complexity index is 369. The summed E-state index contributed by atoms with van der Waals surface area (Å²) in [6, 6.07) is 7.83. The topological polar surface area (TPSA) is 29.5 Å². The first kappa shape index (κ1) is 12.4. The second-order valence-corrected chi connectivity index (χ2v) is 5.35. The predicted molar refractivity (Wildman–Crippen MR) is 69.1 cm³/mol. The van der Waals surface area contributed by atoms with E-state index in [1.807, 2.05) is 38.1 Å². The SMILES string of the molecule is CC(C)Oc1ccccc1C(O)C(C)C1CC1. The van der Waals surface area contributed by atoms with Gasteiger partial charge in [-0.1, -0.05) is 25.1 Å². The molecule has 94 valence electrons. The molecule has 0 aromatic heterocycles. The van der Waals surface area contributed by atoms with Gasteiger partial charge in [-0.25, -0.2) is 0 Å². The summed E-state index contributed by atoms with van der Waals surface area (Å²) in [7, 11) is 0. The first-order valence-corrected chi connectivity index (χ1v) is 6.53. The average molecular weight is 234 g/mol. The molecule has 0 saturated heterocycles. The highest BCUT2D eigenvalue weighted by molar-refractivity contribution is 5.35. The number of aliphatic hydroxyl groups is 1. The van der Waals surface area contributed by atoms with Gasteiger partial charge in [-0.05, 0) is 44.6 Å². The van der Waals surface area contributed by atoms with Crippen molar-refractivity contribution in [2.75, 3.05) is 0 Å². The Hall–Kier alpha value is -1.02. The van der Waals surface area contributed by atoms with Crippen LogP contribution in [0.25, 0.3) is 0 Å². The van der Waals surface area contributed by atoms with Gasteiger partial charge >= 0.3 is 0 Å². The van der Waals surface area contributed by atoms with Gasteiger partial charge in [-0.15, -0.1) is 0 Å². The van der Waals surface area contributed by atoms with Crippen molar-refractivity contribution in [1.29, 1.82) is 0 Å². The predicted octanol–water partition coefficient (Wildman–Crippen LogP) is 3.55. The lowest BCUT2D eigenvalue weighted by Gasteiger charge is -2.22. The van der Waals surface area contributed by atoms with Gasteiger partial charge in [-0.2, -0.15) is 0 Å². The van der Waals surface area contributed by atoms with E-state index in [0.717, 1.165) is 11.3 Å². The van der Waals surface area contributed by atoms with E-state index in [-0.39, 0.29) is 6.10 Å². The van der Waals surface area contributed by atoms with Crippen LogP contribution in [0.3, 0.4) is 0 Å². The molecular weight excluding hydrogens is 212 g/mol. The highest BCUT2D eigenvalue weighted by atomic mass is 16.5. The zero-order valence-corrected chi connectivity index (χ0v) is 10.9. The van der Waals surface area contributed by atoms with Crippen LogP contribution in [0.1, 0.15) is 45.3 Å². The van der Waals surface area contributed by atoms with Crippen molar-refractivity contribution in [3.63, 3.8) is 0 Å². The second kappa shape index (κ2) is 5.09. The molecule has 1 aliphatic carbocycles. The zero-order chi connectivity index (χ0) is 12.4. The molecule has 1 fully saturated rings. The molecule has 17 heavy (non-hydrogen) atoms. The first-order valence-electron chi connectivity index (χ1n) is 6.53. The third kappa shape index (κ3) is 3.01. The standard InChI is InChI=1S/C15H22O2/c1-10(2)17-14-7-5-4-6-13(14)15(16)11(3)12-8-9-12/h4-7,10-12,15-16H,8-9H2,1-3H3. The number of aliphatic hydroxyl groups excluding tert-OH is 1. The molecule has 2 rings (SSSR count). The van der Waals surface area contributed by atoms with Crippen molar-refractivity contribution in [2.45, 2.75) is 45.8 Å². The van der Waals surface area contributed by atoms with Crippen molar-refractivity contribution in [2.24, 2.45) is 11.8 Å². The van der Waals surface area contributed by atoms with Gasteiger partial charge < -0.3 is 9.84 Å². The lowest BCUT2D eigenvalue weighted by Crippen LogP contribution is -2.14. The Balaban J connectivity index is 2.17. The Labute approximate surface area is 104 Å². The number of benzene rings is 1. The largest absolute Gasteiger partial charge is 0.491 e. The first-order chi connectivity index (χ1) is 8.09. The van der Waals surface area contributed by atoms with Crippen molar-refractivity contribution < 1.29 is 9.84 Å². The van der Waals surface area contributed by atoms with E-state index in [0.29, 0.717) is 11.8 Å². The second-order valence-electron chi connectivity index (χ2n) is 5.35. The van der Waals surface area contributed by atoms with Gasteiger partial charge in [0.15, 0.2) is 0 Å². The summed E-state index contributed by atoms with van der Waals surface area (Å²) in [6.07, 6.45) is 2.24. The van der Waals surface area contributed by atoms with Crippen LogP contribution in [-0.2, 0) is 0 Å². The third-order valence-corrected chi connectivity index (χ3v) is 3.46. The van der Waals surface area contributed by atoms with Crippen molar-refractivity contribution in [1.82, 2.24) is 0 Å². The molecule has 1 aliphatic rings. The molecule has 2 unspecified atom stereocenters. The van der Waals surface area contributed by atoms with Crippen LogP contribution in [0.15, 0.2) is 24.3 Å². The minimum atomic E-state index is -0.405. The van der Waals surface area contributed by atoms with Crippen LogP contribution in [0.5, 0.6) is 5.75 Å². The highest BCUT2D eigenvalue weighted by Gasteiger charge is 2.34. The molecule has 1 N–H and O–H groups in total. The summed E-state index contributed by atoms with van der Waals surface area (Å²) < 4.78 is 5.76. The molecule has 0 spiro atoms. The minimum Gasteiger partial charge on any atom is -0.491 e. The molecule has 1 aromatic rings. The molecule has 0 heterocycles. The van der Waals surface area contributed by atoms with Crippen molar-refractivity contribution in [3.05, 3.63) is 29.8 Å². The molecule has 0 aliphatic heterocycles. The lowest BCUT2D eigenvalue weighted by molar-refractivity contribution is 0.1000. The van der Waals surface area contributed by atoms with Crippen LogP contribution in [0, 0.1) is 11.8 Å². The molecule has 0 radical (unpaired) electrons. The molecule has 2 atom stereocenters. The molecule has 2 heteroatoms. The van der Waals surface area contributed by atoms with Gasteiger partial charge in [0.1, 0.15) is 5.75 Å². The quantitative estimate of drug-likeness (QED) is 0.844.